The fourth-order valence-electron chi connectivity index (χ4n) is 2.87. The average Bonchev–Trinajstić information content (AvgIpc) is 2.56. The first kappa shape index (κ1) is 19.0. The molecule has 0 heterocycles. The van der Waals surface area contributed by atoms with Crippen LogP contribution in [0.25, 0.3) is 0 Å². The Bertz CT molecular complexity index is 545. The minimum atomic E-state index is 0.581. The van der Waals surface area contributed by atoms with E-state index in [1.807, 2.05) is 0 Å². The Morgan fingerprint density at radius 3 is 1.38 bits per heavy atom. The maximum absolute atomic E-state index is 6.02. The lowest BCUT2D eigenvalue weighted by Crippen LogP contribution is -2.25. The van der Waals surface area contributed by atoms with Crippen LogP contribution in [0, 0.1) is 0 Å². The number of hydrogen-bond donors (Lipinski definition) is 0. The summed E-state index contributed by atoms with van der Waals surface area (Å²) in [6, 6.07) is 18.0. The van der Waals surface area contributed by atoms with E-state index in [0.717, 1.165) is 19.6 Å². The smallest absolute Gasteiger partial charge is 0.0351 e. The molecule has 0 unspecified atom stereocenters. The zero-order valence-corrected chi connectivity index (χ0v) is 16.2. The molecule has 0 N–H and O–H groups in total. The van der Waals surface area contributed by atoms with Crippen LogP contribution in [0.2, 0.25) is 0 Å². The van der Waals surface area contributed by atoms with E-state index in [1.165, 1.54) is 22.3 Å². The van der Waals surface area contributed by atoms with E-state index in [1.54, 1.807) is 0 Å². The van der Waals surface area contributed by atoms with Crippen molar-refractivity contribution in [2.45, 2.75) is 52.6 Å². The van der Waals surface area contributed by atoms with E-state index in [2.05, 4.69) is 81.1 Å². The Labute approximate surface area is 152 Å². The van der Waals surface area contributed by atoms with Crippen molar-refractivity contribution in [1.29, 1.82) is 0 Å². The highest BCUT2D eigenvalue weighted by Crippen LogP contribution is 2.18. The van der Waals surface area contributed by atoms with Crippen molar-refractivity contribution in [2.24, 2.45) is 0 Å². The van der Waals surface area contributed by atoms with Crippen molar-refractivity contribution in [3.05, 3.63) is 70.8 Å². The molecule has 2 aromatic rings. The monoisotopic (exact) mass is 343 g/mol. The second kappa shape index (κ2) is 9.25. The summed E-state index contributed by atoms with van der Waals surface area (Å²) in [7, 11) is 0. The first-order chi connectivity index (χ1) is 11.5. The topological polar surface area (TPSA) is 3.24 Å². The number of nitrogens with zero attached hydrogens (tertiary/aromatic N) is 1. The van der Waals surface area contributed by atoms with Crippen LogP contribution in [-0.4, -0.2) is 17.3 Å². The highest BCUT2D eigenvalue weighted by atomic mass is 35.5. The number of benzene rings is 2. The molecule has 0 radical (unpaired) electrons. The zero-order valence-electron chi connectivity index (χ0n) is 15.4. The molecule has 0 aromatic heterocycles. The summed E-state index contributed by atoms with van der Waals surface area (Å²) in [4.78, 5) is 2.42. The van der Waals surface area contributed by atoms with Crippen LogP contribution in [0.3, 0.4) is 0 Å². The molecule has 0 aliphatic rings. The molecule has 0 saturated heterocycles. The van der Waals surface area contributed by atoms with Crippen molar-refractivity contribution in [3.8, 4) is 0 Å². The van der Waals surface area contributed by atoms with Gasteiger partial charge < -0.3 is 0 Å². The zero-order chi connectivity index (χ0) is 17.5. The predicted octanol–water partition coefficient (Wildman–Crippen LogP) is 6.17. The SMILES string of the molecule is CC(C)c1ccc(CN(CCCl)Cc2ccc(C(C)C)cc2)cc1. The van der Waals surface area contributed by atoms with Gasteiger partial charge in [0.2, 0.25) is 0 Å². The summed E-state index contributed by atoms with van der Waals surface area (Å²) in [6.07, 6.45) is 0. The molecule has 0 bridgehead atoms. The Balaban J connectivity index is 2.03. The molecule has 0 amide bonds. The van der Waals surface area contributed by atoms with Crippen molar-refractivity contribution in [2.75, 3.05) is 12.4 Å². The van der Waals surface area contributed by atoms with Gasteiger partial charge in [-0.25, -0.2) is 0 Å². The van der Waals surface area contributed by atoms with Crippen LogP contribution >= 0.6 is 11.6 Å². The van der Waals surface area contributed by atoms with Gasteiger partial charge in [-0.1, -0.05) is 76.2 Å². The largest absolute Gasteiger partial charge is 0.294 e. The summed E-state index contributed by atoms with van der Waals surface area (Å²) < 4.78 is 0. The fourth-order valence-corrected chi connectivity index (χ4v) is 3.10. The minimum absolute atomic E-state index is 0.581. The molecule has 2 heteroatoms. The third-order valence-corrected chi connectivity index (χ3v) is 4.67. The van der Waals surface area contributed by atoms with Crippen LogP contribution in [0.5, 0.6) is 0 Å². The maximum Gasteiger partial charge on any atom is 0.0351 e. The Morgan fingerprint density at radius 1 is 0.708 bits per heavy atom. The molecule has 0 fully saturated rings. The van der Waals surface area contributed by atoms with Gasteiger partial charge in [-0.05, 0) is 34.1 Å². The molecular weight excluding hydrogens is 314 g/mol. The number of halogens is 1. The van der Waals surface area contributed by atoms with Crippen LogP contribution in [0.1, 0.15) is 61.8 Å². The number of alkyl halides is 1. The highest BCUT2D eigenvalue weighted by Gasteiger charge is 2.08. The van der Waals surface area contributed by atoms with Crippen molar-refractivity contribution >= 4 is 11.6 Å². The van der Waals surface area contributed by atoms with Crippen LogP contribution in [0.4, 0.5) is 0 Å². The third kappa shape index (κ3) is 5.65. The molecule has 0 saturated carbocycles. The van der Waals surface area contributed by atoms with Crippen LogP contribution < -0.4 is 0 Å². The molecule has 0 aliphatic heterocycles. The Morgan fingerprint density at radius 2 is 1.08 bits per heavy atom. The Hall–Kier alpha value is -1.31. The van der Waals surface area contributed by atoms with Crippen molar-refractivity contribution < 1.29 is 0 Å². The summed E-state index contributed by atoms with van der Waals surface area (Å²) in [5, 5.41) is 0. The molecule has 2 rings (SSSR count). The maximum atomic E-state index is 6.02. The molecule has 24 heavy (non-hydrogen) atoms. The summed E-state index contributed by atoms with van der Waals surface area (Å²) in [6.45, 7) is 11.7. The molecule has 130 valence electrons. The number of hydrogen-bond acceptors (Lipinski definition) is 1. The summed E-state index contributed by atoms with van der Waals surface area (Å²) >= 11 is 6.02. The average molecular weight is 344 g/mol. The Kier molecular flexibility index (Phi) is 7.33. The van der Waals surface area contributed by atoms with Crippen LogP contribution in [0.15, 0.2) is 48.5 Å². The lowest BCUT2D eigenvalue weighted by molar-refractivity contribution is 0.273. The summed E-state index contributed by atoms with van der Waals surface area (Å²) in [5.74, 6) is 1.82. The van der Waals surface area contributed by atoms with E-state index < -0.39 is 0 Å². The first-order valence-corrected chi connectivity index (χ1v) is 9.49. The lowest BCUT2D eigenvalue weighted by atomic mass is 10.0. The molecule has 0 spiro atoms. The third-order valence-electron chi connectivity index (χ3n) is 4.51. The quantitative estimate of drug-likeness (QED) is 0.518. The molecule has 0 aliphatic carbocycles. The van der Waals surface area contributed by atoms with Gasteiger partial charge >= 0.3 is 0 Å². The predicted molar refractivity (Wildman–Crippen MR) is 106 cm³/mol. The fraction of sp³-hybridized carbons (Fsp3) is 0.455. The van der Waals surface area contributed by atoms with Gasteiger partial charge in [-0.2, -0.15) is 0 Å². The van der Waals surface area contributed by atoms with E-state index in [0.29, 0.717) is 17.7 Å². The van der Waals surface area contributed by atoms with Gasteiger partial charge in [-0.3, -0.25) is 4.90 Å². The van der Waals surface area contributed by atoms with Gasteiger partial charge in [0.15, 0.2) is 0 Å². The second-order valence-electron chi connectivity index (χ2n) is 7.19. The standard InChI is InChI=1S/C22H30ClN/c1-17(2)21-9-5-19(6-10-21)15-24(14-13-23)16-20-7-11-22(12-8-20)18(3)4/h5-12,17-18H,13-16H2,1-4H3. The second-order valence-corrected chi connectivity index (χ2v) is 7.57. The van der Waals surface area contributed by atoms with Gasteiger partial charge in [0.1, 0.15) is 0 Å². The number of rotatable bonds is 8. The highest BCUT2D eigenvalue weighted by molar-refractivity contribution is 6.18. The molecule has 0 atom stereocenters. The normalized spacial score (nSPS) is 11.7. The van der Waals surface area contributed by atoms with Gasteiger partial charge in [0, 0.05) is 25.5 Å². The molecule has 2 aromatic carbocycles. The van der Waals surface area contributed by atoms with E-state index in [-0.39, 0.29) is 0 Å². The molecule has 1 nitrogen and oxygen atoms in total. The van der Waals surface area contributed by atoms with E-state index in [9.17, 15) is 0 Å². The van der Waals surface area contributed by atoms with Gasteiger partial charge in [0.25, 0.3) is 0 Å². The lowest BCUT2D eigenvalue weighted by Gasteiger charge is -2.22. The van der Waals surface area contributed by atoms with Crippen LogP contribution in [-0.2, 0) is 13.1 Å². The van der Waals surface area contributed by atoms with E-state index >= 15 is 0 Å². The van der Waals surface area contributed by atoms with Gasteiger partial charge in [0.05, 0.1) is 0 Å². The summed E-state index contributed by atoms with van der Waals surface area (Å²) in [5.41, 5.74) is 5.49. The van der Waals surface area contributed by atoms with Crippen molar-refractivity contribution in [1.82, 2.24) is 4.90 Å². The molecular formula is C22H30ClN. The van der Waals surface area contributed by atoms with Crippen molar-refractivity contribution in [3.63, 3.8) is 0 Å². The minimum Gasteiger partial charge on any atom is -0.294 e. The van der Waals surface area contributed by atoms with E-state index in [4.69, 9.17) is 11.6 Å². The first-order valence-electron chi connectivity index (χ1n) is 8.95. The van der Waals surface area contributed by atoms with Gasteiger partial charge in [-0.15, -0.1) is 11.6 Å².